The minimum Gasteiger partial charge on any atom is -0.456 e. The molecule has 4 aromatic carbocycles. The van der Waals surface area contributed by atoms with E-state index in [1.807, 2.05) is 42.5 Å². The van der Waals surface area contributed by atoms with Crippen LogP contribution in [0.4, 0.5) is 11.4 Å². The number of amides is 1. The van der Waals surface area contributed by atoms with Crippen molar-refractivity contribution in [2.24, 2.45) is 10.2 Å². The van der Waals surface area contributed by atoms with Gasteiger partial charge in [0.15, 0.2) is 4.32 Å². The third-order valence-electron chi connectivity index (χ3n) is 8.94. The van der Waals surface area contributed by atoms with E-state index in [1.165, 1.54) is 29.8 Å². The number of hydrogen-bond acceptors (Lipinski definition) is 8. The number of thioether (sulfide) groups is 1. The van der Waals surface area contributed by atoms with Crippen LogP contribution in [0, 0.1) is 0 Å². The molecular formula is C38H40N6O2S2. The second kappa shape index (κ2) is 14.6. The lowest BCUT2D eigenvalue weighted by Crippen LogP contribution is -2.44. The Bertz CT molecular complexity index is 1790. The Hall–Kier alpha value is -4.67. The van der Waals surface area contributed by atoms with E-state index in [0.29, 0.717) is 21.4 Å². The number of rotatable bonds is 11. The fourth-order valence-electron chi connectivity index (χ4n) is 6.62. The Morgan fingerprint density at radius 2 is 1.40 bits per heavy atom. The molecule has 2 aliphatic rings. The molecule has 0 saturated carbocycles. The molecule has 6 rings (SSSR count). The van der Waals surface area contributed by atoms with Gasteiger partial charge in [0.1, 0.15) is 17.0 Å². The van der Waals surface area contributed by atoms with Gasteiger partial charge in [-0.3, -0.25) is 10.2 Å². The van der Waals surface area contributed by atoms with Crippen molar-refractivity contribution in [2.45, 2.75) is 39.0 Å². The number of hydrazone groups is 2. The van der Waals surface area contributed by atoms with Crippen LogP contribution >= 0.6 is 24.0 Å². The number of benzene rings is 4. The molecule has 1 N–H and O–H groups in total. The molecule has 0 bridgehead atoms. The van der Waals surface area contributed by atoms with E-state index >= 15 is 0 Å². The number of hydrogen-bond donors (Lipinski definition) is 1. The van der Waals surface area contributed by atoms with Crippen LogP contribution in [0.2, 0.25) is 0 Å². The summed E-state index contributed by atoms with van der Waals surface area (Å²) >= 11 is 6.96. The van der Waals surface area contributed by atoms with Gasteiger partial charge >= 0.3 is 0 Å². The molecule has 1 amide bonds. The van der Waals surface area contributed by atoms with E-state index in [1.54, 1.807) is 5.01 Å². The van der Waals surface area contributed by atoms with Crippen molar-refractivity contribution in [3.63, 3.8) is 0 Å². The topological polar surface area (TPSA) is 72.8 Å². The summed E-state index contributed by atoms with van der Waals surface area (Å²) in [6.07, 6.45) is 3.06. The Morgan fingerprint density at radius 3 is 2.00 bits per heavy atom. The number of nitrogens with zero attached hydrogens (tertiary/aromatic N) is 5. The van der Waals surface area contributed by atoms with Crippen molar-refractivity contribution in [3.8, 4) is 11.5 Å². The number of ether oxygens (including phenoxy) is 1. The van der Waals surface area contributed by atoms with Crippen molar-refractivity contribution >= 4 is 58.0 Å². The zero-order chi connectivity index (χ0) is 33.7. The summed E-state index contributed by atoms with van der Waals surface area (Å²) in [5.41, 5.74) is 8.31. The fourth-order valence-corrected chi connectivity index (χ4v) is 7.46. The third-order valence-corrected chi connectivity index (χ3v) is 10.2. The maximum atomic E-state index is 14.3. The van der Waals surface area contributed by atoms with E-state index in [0.717, 1.165) is 60.0 Å². The fraction of sp³-hybridized carbons (Fsp3) is 0.263. The number of nitrogens with one attached hydrogen (secondary N) is 1. The summed E-state index contributed by atoms with van der Waals surface area (Å²) in [4.78, 5) is 18.9. The Labute approximate surface area is 292 Å². The number of carbonyl (C=O) groups excluding carboxylic acids is 1. The first-order valence-corrected chi connectivity index (χ1v) is 17.8. The summed E-state index contributed by atoms with van der Waals surface area (Å²) in [7, 11) is 0. The normalized spacial score (nSPS) is 14.2. The van der Waals surface area contributed by atoms with Crippen molar-refractivity contribution < 1.29 is 9.53 Å². The number of fused-ring (bicyclic) bond motifs is 6. The maximum absolute atomic E-state index is 14.3. The van der Waals surface area contributed by atoms with Crippen LogP contribution < -0.4 is 20.0 Å². The molecular weight excluding hydrogens is 637 g/mol. The molecule has 48 heavy (non-hydrogen) atoms. The summed E-state index contributed by atoms with van der Waals surface area (Å²) < 4.78 is 7.30. The predicted octanol–water partition coefficient (Wildman–Crippen LogP) is 8.01. The second-order valence-electron chi connectivity index (χ2n) is 11.4. The SMILES string of the molecule is CCN(CC)c1ccc2c(c1)Oc1cc(N(CC)CC)ccc1C21c2ccccc2C(=O)N1/N=C/C=N/NC(=S)SCc1ccccc1. The van der Waals surface area contributed by atoms with E-state index < -0.39 is 5.54 Å². The third kappa shape index (κ3) is 6.06. The molecule has 4 aromatic rings. The molecule has 0 atom stereocenters. The Balaban J connectivity index is 1.41. The smallest absolute Gasteiger partial charge is 0.275 e. The molecule has 0 fully saturated rings. The minimum absolute atomic E-state index is 0.198. The lowest BCUT2D eigenvalue weighted by Gasteiger charge is -2.42. The van der Waals surface area contributed by atoms with E-state index in [-0.39, 0.29) is 5.91 Å². The molecule has 2 aliphatic heterocycles. The highest BCUT2D eigenvalue weighted by Crippen LogP contribution is 2.58. The van der Waals surface area contributed by atoms with Gasteiger partial charge < -0.3 is 14.5 Å². The first-order chi connectivity index (χ1) is 23.5. The predicted molar refractivity (Wildman–Crippen MR) is 203 cm³/mol. The lowest BCUT2D eigenvalue weighted by atomic mass is 9.75. The summed E-state index contributed by atoms with van der Waals surface area (Å²) in [6, 6.07) is 30.5. The summed E-state index contributed by atoms with van der Waals surface area (Å²) in [5.74, 6) is 1.94. The molecule has 0 radical (unpaired) electrons. The van der Waals surface area contributed by atoms with Gasteiger partial charge in [0.05, 0.1) is 12.4 Å². The highest BCUT2D eigenvalue weighted by atomic mass is 32.2. The first kappa shape index (κ1) is 33.2. The molecule has 1 spiro atoms. The van der Waals surface area contributed by atoms with Crippen molar-refractivity contribution in [3.05, 3.63) is 119 Å². The van der Waals surface area contributed by atoms with Crippen molar-refractivity contribution in [1.29, 1.82) is 0 Å². The largest absolute Gasteiger partial charge is 0.456 e. The number of thiocarbonyl (C=S) groups is 1. The molecule has 8 nitrogen and oxygen atoms in total. The highest BCUT2D eigenvalue weighted by Gasteiger charge is 2.57. The zero-order valence-corrected chi connectivity index (χ0v) is 29.4. The minimum atomic E-state index is -1.06. The molecule has 2 heterocycles. The molecule has 0 saturated heterocycles. The quantitative estimate of drug-likeness (QED) is 0.0981. The highest BCUT2D eigenvalue weighted by molar-refractivity contribution is 8.22. The Kier molecular flexibility index (Phi) is 10.1. The standard InChI is InChI=1S/C38H40N6O2S2/c1-5-42(6-2)28-18-20-32-34(24-28)46-35-25-29(43(7-3)8-4)19-21-33(35)38(32)31-17-13-12-16-30(31)36(45)44(38)40-23-22-39-41-37(47)48-26-27-14-10-9-11-15-27/h9-25H,5-8,26H2,1-4H3,(H,41,47)/b39-22+,40-23+. The Morgan fingerprint density at radius 1 is 0.812 bits per heavy atom. The van der Waals surface area contributed by atoms with Gasteiger partial charge in [0, 0.05) is 77.7 Å². The average Bonchev–Trinajstić information content (AvgIpc) is 3.36. The van der Waals surface area contributed by atoms with Crippen LogP contribution in [0.5, 0.6) is 11.5 Å². The molecule has 0 aliphatic carbocycles. The van der Waals surface area contributed by atoms with Crippen molar-refractivity contribution in [1.82, 2.24) is 10.4 Å². The van der Waals surface area contributed by atoms with Crippen LogP contribution in [0.15, 0.2) is 101 Å². The van der Waals surface area contributed by atoms with E-state index in [2.05, 4.69) is 96.6 Å². The molecule has 0 aromatic heterocycles. The lowest BCUT2D eigenvalue weighted by molar-refractivity contribution is 0.0675. The first-order valence-electron chi connectivity index (χ1n) is 16.4. The summed E-state index contributed by atoms with van der Waals surface area (Å²) in [5, 5.41) is 10.7. The maximum Gasteiger partial charge on any atom is 0.275 e. The summed E-state index contributed by atoms with van der Waals surface area (Å²) in [6.45, 7) is 12.0. The van der Waals surface area contributed by atoms with Gasteiger partial charge in [0.25, 0.3) is 5.91 Å². The van der Waals surface area contributed by atoms with Gasteiger partial charge in [0.2, 0.25) is 0 Å². The van der Waals surface area contributed by atoms with Gasteiger partial charge in [-0.05, 0) is 51.5 Å². The van der Waals surface area contributed by atoms with Crippen LogP contribution in [0.25, 0.3) is 0 Å². The molecule has 0 unspecified atom stereocenters. The van der Waals surface area contributed by atoms with Crippen LogP contribution in [0.1, 0.15) is 60.3 Å². The van der Waals surface area contributed by atoms with Crippen LogP contribution in [-0.4, -0.2) is 53.8 Å². The van der Waals surface area contributed by atoms with Gasteiger partial charge in [-0.2, -0.15) is 10.2 Å². The van der Waals surface area contributed by atoms with E-state index in [4.69, 9.17) is 22.1 Å². The van der Waals surface area contributed by atoms with Crippen LogP contribution in [0.3, 0.4) is 0 Å². The monoisotopic (exact) mass is 676 g/mol. The molecule has 246 valence electrons. The molecule has 10 heteroatoms. The van der Waals surface area contributed by atoms with E-state index in [9.17, 15) is 4.79 Å². The number of anilines is 2. The second-order valence-corrected chi connectivity index (χ2v) is 13.0. The van der Waals surface area contributed by atoms with Crippen LogP contribution in [-0.2, 0) is 11.3 Å². The van der Waals surface area contributed by atoms with Crippen molar-refractivity contribution in [2.75, 3.05) is 36.0 Å². The van der Waals surface area contributed by atoms with Gasteiger partial charge in [-0.15, -0.1) is 0 Å². The average molecular weight is 677 g/mol. The number of carbonyl (C=O) groups is 1. The zero-order valence-electron chi connectivity index (χ0n) is 27.7. The van der Waals surface area contributed by atoms with Gasteiger partial charge in [-0.25, -0.2) is 5.01 Å². The van der Waals surface area contributed by atoms with Gasteiger partial charge in [-0.1, -0.05) is 84.6 Å².